The van der Waals surface area contributed by atoms with Crippen molar-refractivity contribution in [2.24, 2.45) is 4.40 Å². The molecule has 8 heteroatoms. The van der Waals surface area contributed by atoms with Gasteiger partial charge in [0.2, 0.25) is 0 Å². The van der Waals surface area contributed by atoms with Gasteiger partial charge in [0, 0.05) is 5.90 Å². The zero-order valence-corrected chi connectivity index (χ0v) is 10.1. The lowest BCUT2D eigenvalue weighted by molar-refractivity contribution is -0.218. The molecular formula is C10H9FNO5S-. The Kier molecular flexibility index (Phi) is 4.38. The fourth-order valence-electron chi connectivity index (χ4n) is 1.09. The third-order valence-electron chi connectivity index (χ3n) is 1.91. The number of halogens is 1. The topological polar surface area (TPSA) is 95.9 Å². The van der Waals surface area contributed by atoms with Crippen LogP contribution in [0.3, 0.4) is 0 Å². The molecule has 6 nitrogen and oxygen atoms in total. The van der Waals surface area contributed by atoms with Crippen molar-refractivity contribution in [3.05, 3.63) is 29.8 Å². The van der Waals surface area contributed by atoms with E-state index in [1.807, 2.05) is 0 Å². The van der Waals surface area contributed by atoms with Crippen molar-refractivity contribution >= 4 is 21.9 Å². The summed E-state index contributed by atoms with van der Waals surface area (Å²) in [4.78, 5) is 10.8. The van der Waals surface area contributed by atoms with Gasteiger partial charge in [-0.1, -0.05) is 0 Å². The van der Waals surface area contributed by atoms with Crippen molar-refractivity contribution in [1.82, 2.24) is 0 Å². The summed E-state index contributed by atoms with van der Waals surface area (Å²) < 4.78 is 42.0. The quantitative estimate of drug-likeness (QED) is 0.433. The first-order valence-corrected chi connectivity index (χ1v) is 6.10. The second-order valence-electron chi connectivity index (χ2n) is 3.11. The molecule has 1 rings (SSSR count). The third-order valence-corrected chi connectivity index (χ3v) is 3.22. The van der Waals surface area contributed by atoms with Crippen LogP contribution >= 0.6 is 0 Å². The predicted octanol–water partition coefficient (Wildman–Crippen LogP) is -0.110. The van der Waals surface area contributed by atoms with Crippen molar-refractivity contribution in [1.29, 1.82) is 0 Å². The van der Waals surface area contributed by atoms with Crippen molar-refractivity contribution in [3.63, 3.8) is 0 Å². The van der Waals surface area contributed by atoms with E-state index in [0.29, 0.717) is 0 Å². The summed E-state index contributed by atoms with van der Waals surface area (Å²) in [5.74, 6) is -2.01. The van der Waals surface area contributed by atoms with Gasteiger partial charge in [0.25, 0.3) is 10.0 Å². The van der Waals surface area contributed by atoms with E-state index in [9.17, 15) is 22.7 Å². The number of hydrogen-bond acceptors (Lipinski definition) is 5. The number of hydrogen-bond donors (Lipinski definition) is 0. The van der Waals surface area contributed by atoms with Crippen LogP contribution in [0.5, 0.6) is 0 Å². The smallest absolute Gasteiger partial charge is 0.337 e. The monoisotopic (exact) mass is 274 g/mol. The van der Waals surface area contributed by atoms with E-state index < -0.39 is 28.6 Å². The van der Waals surface area contributed by atoms with E-state index in [-0.39, 0.29) is 10.5 Å². The largest absolute Gasteiger partial charge is 0.859 e. The number of alkyl halides is 1. The Hall–Kier alpha value is -1.96. The molecule has 0 atom stereocenters. The number of esters is 1. The highest BCUT2D eigenvalue weighted by atomic mass is 32.2. The van der Waals surface area contributed by atoms with Gasteiger partial charge in [0.05, 0.1) is 17.6 Å². The molecule has 0 N–H and O–H groups in total. The van der Waals surface area contributed by atoms with Crippen LogP contribution < -0.4 is 5.11 Å². The SMILES string of the molecule is COC(=O)c1ccc(S(=O)(=O)/N=C(\[O-])CF)cc1. The Morgan fingerprint density at radius 2 is 1.94 bits per heavy atom. The number of ether oxygens (including phenoxy) is 1. The standard InChI is InChI=1S/C10H10FNO5S/c1-17-10(14)7-2-4-8(5-3-7)18(15,16)12-9(13)6-11/h2-5H,6H2,1H3,(H,12,13)/p-1. The number of carbonyl (C=O) groups is 1. The lowest BCUT2D eigenvalue weighted by Gasteiger charge is -2.06. The molecule has 1 aromatic carbocycles. The van der Waals surface area contributed by atoms with E-state index in [4.69, 9.17) is 0 Å². The molecule has 98 valence electrons. The second kappa shape index (κ2) is 5.58. The van der Waals surface area contributed by atoms with E-state index in [0.717, 1.165) is 12.1 Å². The van der Waals surface area contributed by atoms with Gasteiger partial charge in [-0.25, -0.2) is 9.18 Å². The van der Waals surface area contributed by atoms with Gasteiger partial charge >= 0.3 is 5.97 Å². The Balaban J connectivity index is 3.09. The zero-order valence-electron chi connectivity index (χ0n) is 9.29. The number of carbonyl (C=O) groups excluding carboxylic acids is 1. The minimum Gasteiger partial charge on any atom is -0.859 e. The third kappa shape index (κ3) is 3.27. The maximum absolute atomic E-state index is 11.9. The van der Waals surface area contributed by atoms with Crippen molar-refractivity contribution in [2.75, 3.05) is 13.8 Å². The molecule has 0 spiro atoms. The normalized spacial score (nSPS) is 12.2. The van der Waals surface area contributed by atoms with Crippen LogP contribution in [0.15, 0.2) is 33.6 Å². The van der Waals surface area contributed by atoms with Gasteiger partial charge in [0.1, 0.15) is 6.67 Å². The maximum Gasteiger partial charge on any atom is 0.337 e. The maximum atomic E-state index is 11.9. The number of methoxy groups -OCH3 is 1. The lowest BCUT2D eigenvalue weighted by atomic mass is 10.2. The minimum absolute atomic E-state index is 0.147. The van der Waals surface area contributed by atoms with Crippen LogP contribution in [0.4, 0.5) is 4.39 Å². The van der Waals surface area contributed by atoms with Crippen molar-refractivity contribution in [3.8, 4) is 0 Å². The Bertz CT molecular complexity index is 564. The number of nitrogens with zero attached hydrogens (tertiary/aromatic N) is 1. The van der Waals surface area contributed by atoms with Crippen LogP contribution in [0, 0.1) is 0 Å². The number of sulfonamides is 1. The number of rotatable bonds is 4. The Labute approximate surface area is 103 Å². The van der Waals surface area contributed by atoms with E-state index in [1.54, 1.807) is 0 Å². The van der Waals surface area contributed by atoms with Crippen LogP contribution in [-0.4, -0.2) is 34.1 Å². The van der Waals surface area contributed by atoms with Crippen molar-refractivity contribution in [2.45, 2.75) is 4.90 Å². The molecule has 0 heterocycles. The van der Waals surface area contributed by atoms with Crippen LogP contribution in [0.1, 0.15) is 10.4 Å². The lowest BCUT2D eigenvalue weighted by Crippen LogP contribution is -2.21. The first kappa shape index (κ1) is 14.1. The second-order valence-corrected chi connectivity index (χ2v) is 4.71. The highest BCUT2D eigenvalue weighted by Gasteiger charge is 2.13. The predicted molar refractivity (Wildman–Crippen MR) is 58.4 cm³/mol. The van der Waals surface area contributed by atoms with Gasteiger partial charge in [-0.3, -0.25) is 0 Å². The molecule has 1 aromatic rings. The van der Waals surface area contributed by atoms with Gasteiger partial charge in [-0.05, 0) is 24.3 Å². The molecule has 0 aliphatic rings. The molecule has 0 aliphatic carbocycles. The molecular weight excluding hydrogens is 265 g/mol. The first-order chi connectivity index (χ1) is 8.40. The number of benzene rings is 1. The fourth-order valence-corrected chi connectivity index (χ4v) is 1.99. The highest BCUT2D eigenvalue weighted by molar-refractivity contribution is 7.90. The fraction of sp³-hybridized carbons (Fsp3) is 0.200. The average molecular weight is 274 g/mol. The molecule has 18 heavy (non-hydrogen) atoms. The summed E-state index contributed by atoms with van der Waals surface area (Å²) in [7, 11) is -3.05. The van der Waals surface area contributed by atoms with Crippen LogP contribution in [0.2, 0.25) is 0 Å². The molecule has 0 aliphatic heterocycles. The summed E-state index contributed by atoms with van der Waals surface area (Å²) in [6, 6.07) is 4.56. The van der Waals surface area contributed by atoms with Crippen LogP contribution in [0.25, 0.3) is 0 Å². The molecule has 0 amide bonds. The van der Waals surface area contributed by atoms with E-state index in [2.05, 4.69) is 9.13 Å². The molecule has 0 fully saturated rings. The summed E-state index contributed by atoms with van der Waals surface area (Å²) in [6.07, 6.45) is 0. The molecule has 0 bridgehead atoms. The molecule has 0 radical (unpaired) electrons. The van der Waals surface area contributed by atoms with E-state index in [1.165, 1.54) is 19.2 Å². The molecule has 0 unspecified atom stereocenters. The van der Waals surface area contributed by atoms with Gasteiger partial charge in [-0.15, -0.1) is 0 Å². The van der Waals surface area contributed by atoms with Gasteiger partial charge in [0.15, 0.2) is 0 Å². The molecule has 0 aromatic heterocycles. The summed E-state index contributed by atoms with van der Waals surface area (Å²) in [6.45, 7) is -1.49. The average Bonchev–Trinajstić information content (AvgIpc) is 2.37. The first-order valence-electron chi connectivity index (χ1n) is 4.66. The Morgan fingerprint density at radius 1 is 1.39 bits per heavy atom. The van der Waals surface area contributed by atoms with Crippen molar-refractivity contribution < 1.29 is 27.4 Å². The molecule has 0 saturated heterocycles. The summed E-state index contributed by atoms with van der Waals surface area (Å²) >= 11 is 0. The molecule has 0 saturated carbocycles. The summed E-state index contributed by atoms with van der Waals surface area (Å²) in [5.41, 5.74) is 0.147. The summed E-state index contributed by atoms with van der Waals surface area (Å²) in [5, 5.41) is 10.6. The highest BCUT2D eigenvalue weighted by Crippen LogP contribution is 2.14. The zero-order chi connectivity index (χ0) is 13.8. The van der Waals surface area contributed by atoms with Crippen LogP contribution in [-0.2, 0) is 14.8 Å². The Morgan fingerprint density at radius 3 is 2.39 bits per heavy atom. The van der Waals surface area contributed by atoms with Gasteiger partial charge in [-0.2, -0.15) is 12.8 Å². The van der Waals surface area contributed by atoms with Gasteiger partial charge < -0.3 is 9.84 Å². The van der Waals surface area contributed by atoms with E-state index >= 15 is 0 Å². The minimum atomic E-state index is -4.24.